The van der Waals surface area contributed by atoms with Crippen LogP contribution in [-0.2, 0) is 7.31 Å². The van der Waals surface area contributed by atoms with Crippen molar-refractivity contribution in [2.45, 2.75) is 57.8 Å². The molecule has 0 nitrogen and oxygen atoms in total. The summed E-state index contributed by atoms with van der Waals surface area (Å²) >= 11 is 34.9. The van der Waals surface area contributed by atoms with Crippen LogP contribution in [0.2, 0.25) is 0 Å². The van der Waals surface area contributed by atoms with Crippen LogP contribution in [0.1, 0.15) is 57.8 Å². The minimum atomic E-state index is -5.47. The topological polar surface area (TPSA) is 0 Å². The van der Waals surface area contributed by atoms with Gasteiger partial charge >= 0.3 is 63.8 Å². The average molecular weight is 1020 g/mol. The van der Waals surface area contributed by atoms with Crippen LogP contribution >= 0.6 is 143 Å². The fraction of sp³-hybridized carbons (Fsp3) is 0.625. The molecule has 3 fully saturated rings. The van der Waals surface area contributed by atoms with Crippen LogP contribution in [0.25, 0.3) is 0 Å². The van der Waals surface area contributed by atoms with E-state index in [1.54, 1.807) is 0 Å². The van der Waals surface area contributed by atoms with Gasteiger partial charge in [0, 0.05) is 35.0 Å². The maximum atomic E-state index is 5.82. The van der Waals surface area contributed by atoms with Gasteiger partial charge in [-0.05, 0) is 75.5 Å². The Morgan fingerprint density at radius 2 is 0.725 bits per heavy atom. The van der Waals surface area contributed by atoms with Crippen molar-refractivity contribution >= 4 is 160 Å². The summed E-state index contributed by atoms with van der Waals surface area (Å²) in [7, 11) is 24.9. The summed E-state index contributed by atoms with van der Waals surface area (Å²) in [6, 6.07) is 0. The summed E-state index contributed by atoms with van der Waals surface area (Å²) in [4.78, 5) is 0. The third-order valence-electron chi connectivity index (χ3n) is 8.16. The van der Waals surface area contributed by atoms with Crippen molar-refractivity contribution in [1.82, 2.24) is 0 Å². The molecule has 6 aliphatic rings. The molecule has 6 unspecified atom stereocenters. The first kappa shape index (κ1) is 38.7. The maximum absolute atomic E-state index is 5.82. The Kier molecular flexibility index (Phi) is 14.0. The van der Waals surface area contributed by atoms with Gasteiger partial charge in [0.15, 0.2) is 0 Å². The van der Waals surface area contributed by atoms with Gasteiger partial charge in [-0.2, -0.15) is 0 Å². The minimum absolute atomic E-state index is 0.308. The first-order valence-corrected chi connectivity index (χ1v) is 45.3. The van der Waals surface area contributed by atoms with E-state index in [1.165, 1.54) is 57.8 Å². The van der Waals surface area contributed by atoms with Crippen molar-refractivity contribution < 1.29 is 7.31 Å². The SMILES string of the molecule is Cl[PH](Cl)=CC12C=CC(CC1)C2.Cl[PH](Cl)=CC12C=CC(CC1)C2.Cl[PH](Cl)=CC12C=CC(CC1)C2.[Cl][W]([Cl])([Cl])([Cl])([Cl])[Cl]. The van der Waals surface area contributed by atoms with E-state index in [-0.39, 0.29) is 0 Å². The molecule has 6 atom stereocenters. The van der Waals surface area contributed by atoms with E-state index in [0.29, 0.717) is 16.2 Å². The number of hydrogen-bond acceptors (Lipinski definition) is 0. The standard InChI is InChI=1S/3C8H11Cl2P.6ClH.W/c3*9-11(10)6-8-3-1-7(5-8)2-4-8;;;;;;;/h3*1,3,6-7,11H,2,4-5H2;6*1H;/q;;;;;;;;;+6/p-6. The predicted molar refractivity (Wildman–Crippen MR) is 200 cm³/mol. The summed E-state index contributed by atoms with van der Waals surface area (Å²) in [6.45, 7) is 0. The van der Waals surface area contributed by atoms with Crippen molar-refractivity contribution in [2.75, 3.05) is 0 Å². The van der Waals surface area contributed by atoms with Gasteiger partial charge in [-0.15, -0.1) is 0 Å². The Morgan fingerprint density at radius 1 is 0.500 bits per heavy atom. The molecule has 0 radical (unpaired) electrons. The molecule has 0 saturated heterocycles. The van der Waals surface area contributed by atoms with Gasteiger partial charge in [0.1, 0.15) is 0 Å². The van der Waals surface area contributed by atoms with Crippen molar-refractivity contribution in [3.8, 4) is 0 Å². The van der Waals surface area contributed by atoms with Crippen LogP contribution < -0.4 is 0 Å². The molecule has 0 heterocycles. The molecular formula is C24H33Cl12P3W. The molecule has 0 N–H and O–H groups in total. The molecule has 0 aromatic carbocycles. The molecule has 0 aromatic rings. The van der Waals surface area contributed by atoms with E-state index in [1.807, 2.05) is 0 Å². The second-order valence-electron chi connectivity index (χ2n) is 11.5. The van der Waals surface area contributed by atoms with Gasteiger partial charge in [0.25, 0.3) is 0 Å². The molecule has 0 spiro atoms. The Labute approximate surface area is 292 Å². The molecule has 0 amide bonds. The van der Waals surface area contributed by atoms with Crippen LogP contribution in [0.4, 0.5) is 0 Å². The first-order chi connectivity index (χ1) is 18.1. The molecule has 16 heteroatoms. The van der Waals surface area contributed by atoms with Crippen LogP contribution in [0.5, 0.6) is 0 Å². The van der Waals surface area contributed by atoms with Gasteiger partial charge in [-0.1, -0.05) is 121 Å². The van der Waals surface area contributed by atoms with Crippen molar-refractivity contribution in [1.29, 1.82) is 0 Å². The third kappa shape index (κ3) is 14.6. The number of allylic oxidation sites excluding steroid dienone is 6. The number of rotatable bonds is 3. The van der Waals surface area contributed by atoms with Crippen LogP contribution in [0.3, 0.4) is 0 Å². The van der Waals surface area contributed by atoms with E-state index in [0.717, 1.165) is 17.8 Å². The van der Waals surface area contributed by atoms with Crippen molar-refractivity contribution in [3.05, 3.63) is 36.5 Å². The second-order valence-corrected chi connectivity index (χ2v) is 86.7. The van der Waals surface area contributed by atoms with E-state index in [2.05, 4.69) is 53.8 Å². The number of halogens is 12. The zero-order chi connectivity index (χ0) is 30.1. The Hall–Kier alpha value is 4.29. The molecule has 6 rings (SSSR count). The fourth-order valence-electron chi connectivity index (χ4n) is 6.56. The summed E-state index contributed by atoms with van der Waals surface area (Å²) in [6.07, 6.45) is 21.9. The summed E-state index contributed by atoms with van der Waals surface area (Å²) in [5.74, 6) is 8.97. The van der Waals surface area contributed by atoms with E-state index < -0.39 is 26.1 Å². The summed E-state index contributed by atoms with van der Waals surface area (Å²) in [5, 5.41) is 0. The average Bonchev–Trinajstić information content (AvgIpc) is 3.59. The summed E-state index contributed by atoms with van der Waals surface area (Å²) in [5.41, 5.74) is 0.924. The van der Waals surface area contributed by atoms with Gasteiger partial charge in [-0.3, -0.25) is 0 Å². The van der Waals surface area contributed by atoms with Crippen molar-refractivity contribution in [3.63, 3.8) is 0 Å². The Balaban J connectivity index is 0.000000149. The summed E-state index contributed by atoms with van der Waals surface area (Å²) < 4.78 is 0. The second kappa shape index (κ2) is 14.4. The molecule has 6 aliphatic carbocycles. The zero-order valence-corrected chi connectivity index (χ0v) is 36.2. The van der Waals surface area contributed by atoms with E-state index >= 15 is 0 Å². The van der Waals surface area contributed by atoms with Crippen LogP contribution in [0.15, 0.2) is 36.5 Å². The van der Waals surface area contributed by atoms with Crippen molar-refractivity contribution in [2.24, 2.45) is 34.0 Å². The quantitative estimate of drug-likeness (QED) is 0.195. The van der Waals surface area contributed by atoms with Gasteiger partial charge in [0.05, 0.1) is 0 Å². The Morgan fingerprint density at radius 3 is 0.825 bits per heavy atom. The number of hydrogen-bond donors (Lipinski definition) is 0. The predicted octanol–water partition coefficient (Wildman–Crippen LogP) is 15.1. The van der Waals surface area contributed by atoms with Gasteiger partial charge in [0.2, 0.25) is 0 Å². The molecule has 234 valence electrons. The monoisotopic (exact) mass is 1020 g/mol. The first-order valence-electron chi connectivity index (χ1n) is 12.7. The number of fused-ring (bicyclic) bond motifs is 6. The normalized spacial score (nSPS) is 37.4. The zero-order valence-electron chi connectivity index (χ0n) is 21.2. The molecule has 0 aliphatic heterocycles. The molecule has 6 bridgehead atoms. The van der Waals surface area contributed by atoms with Gasteiger partial charge < -0.3 is 0 Å². The Bertz CT molecular complexity index is 1000. The molecule has 0 aromatic heterocycles. The van der Waals surface area contributed by atoms with Crippen LogP contribution in [-0.4, -0.2) is 17.4 Å². The van der Waals surface area contributed by atoms with Gasteiger partial charge in [-0.25, -0.2) is 0 Å². The molecule has 40 heavy (non-hydrogen) atoms. The van der Waals surface area contributed by atoms with E-state index in [4.69, 9.17) is 124 Å². The fourth-order valence-corrected chi connectivity index (χ4v) is 12.8. The molecular weight excluding hydrogens is 990 g/mol. The molecule has 3 saturated carbocycles. The van der Waals surface area contributed by atoms with Crippen LogP contribution in [0, 0.1) is 34.0 Å². The van der Waals surface area contributed by atoms with E-state index in [9.17, 15) is 0 Å². The third-order valence-corrected chi connectivity index (χ3v) is 12.5.